The Morgan fingerprint density at radius 2 is 2.18 bits per heavy atom. The van der Waals surface area contributed by atoms with Crippen molar-refractivity contribution < 1.29 is 14.7 Å². The van der Waals surface area contributed by atoms with Gasteiger partial charge in [0.2, 0.25) is 5.91 Å². The van der Waals surface area contributed by atoms with Crippen LogP contribution in [0.15, 0.2) is 0 Å². The smallest absolute Gasteiger partial charge is 0.308 e. The summed E-state index contributed by atoms with van der Waals surface area (Å²) in [6.07, 6.45) is 2.91. The van der Waals surface area contributed by atoms with Crippen molar-refractivity contribution in [2.24, 2.45) is 11.8 Å². The Morgan fingerprint density at radius 3 is 2.71 bits per heavy atom. The van der Waals surface area contributed by atoms with Crippen molar-refractivity contribution in [2.45, 2.75) is 52.5 Å². The first-order valence-electron chi connectivity index (χ1n) is 6.48. The molecule has 1 aliphatic rings. The Hall–Kier alpha value is -1.06. The highest BCUT2D eigenvalue weighted by atomic mass is 16.4. The molecule has 0 aliphatic carbocycles. The zero-order valence-electron chi connectivity index (χ0n) is 11.0. The zero-order chi connectivity index (χ0) is 13.0. The minimum absolute atomic E-state index is 0.110. The van der Waals surface area contributed by atoms with Crippen molar-refractivity contribution in [1.82, 2.24) is 4.90 Å². The van der Waals surface area contributed by atoms with Gasteiger partial charge in [-0.05, 0) is 25.7 Å². The molecule has 98 valence electrons. The number of rotatable bonds is 5. The Kier molecular flexibility index (Phi) is 4.97. The molecule has 3 atom stereocenters. The van der Waals surface area contributed by atoms with Gasteiger partial charge in [-0.2, -0.15) is 0 Å². The standard InChI is InChI=1S/C13H23NO3/c1-4-9(2)7-10(3)14-8-11(13(16)17)5-6-12(14)15/h9-11H,4-8H2,1-3H3,(H,16,17). The minimum Gasteiger partial charge on any atom is -0.481 e. The van der Waals surface area contributed by atoms with E-state index in [2.05, 4.69) is 13.8 Å². The lowest BCUT2D eigenvalue weighted by molar-refractivity contribution is -0.148. The van der Waals surface area contributed by atoms with Gasteiger partial charge in [-0.1, -0.05) is 20.3 Å². The number of carboxylic acids is 1. The lowest BCUT2D eigenvalue weighted by Crippen LogP contribution is -2.47. The maximum atomic E-state index is 11.8. The van der Waals surface area contributed by atoms with Crippen LogP contribution >= 0.6 is 0 Å². The van der Waals surface area contributed by atoms with Crippen molar-refractivity contribution in [3.8, 4) is 0 Å². The lowest BCUT2D eigenvalue weighted by atomic mass is 9.93. The summed E-state index contributed by atoms with van der Waals surface area (Å²) in [6.45, 7) is 6.70. The lowest BCUT2D eigenvalue weighted by Gasteiger charge is -2.36. The molecule has 4 nitrogen and oxygen atoms in total. The van der Waals surface area contributed by atoms with Crippen LogP contribution in [0, 0.1) is 11.8 Å². The van der Waals surface area contributed by atoms with Crippen LogP contribution < -0.4 is 0 Å². The molecular weight excluding hydrogens is 218 g/mol. The fraction of sp³-hybridized carbons (Fsp3) is 0.846. The Bertz CT molecular complexity index is 290. The summed E-state index contributed by atoms with van der Waals surface area (Å²) in [6, 6.07) is 0.152. The molecule has 0 bridgehead atoms. The molecule has 0 aromatic heterocycles. The van der Waals surface area contributed by atoms with E-state index in [9.17, 15) is 9.59 Å². The van der Waals surface area contributed by atoms with Gasteiger partial charge in [-0.25, -0.2) is 0 Å². The first kappa shape index (κ1) is 14.0. The van der Waals surface area contributed by atoms with Crippen LogP contribution in [0.3, 0.4) is 0 Å². The SMILES string of the molecule is CCC(C)CC(C)N1CC(C(=O)O)CCC1=O. The van der Waals surface area contributed by atoms with Gasteiger partial charge in [-0.15, -0.1) is 0 Å². The molecule has 4 heteroatoms. The molecule has 1 rings (SSSR count). The van der Waals surface area contributed by atoms with Gasteiger partial charge in [-0.3, -0.25) is 9.59 Å². The highest BCUT2D eigenvalue weighted by molar-refractivity contribution is 5.80. The predicted molar refractivity (Wildman–Crippen MR) is 65.6 cm³/mol. The van der Waals surface area contributed by atoms with E-state index in [1.165, 1.54) is 0 Å². The molecule has 1 fully saturated rings. The van der Waals surface area contributed by atoms with Crippen LogP contribution in [0.2, 0.25) is 0 Å². The number of carboxylic acid groups (broad SMARTS) is 1. The summed E-state index contributed by atoms with van der Waals surface area (Å²) >= 11 is 0. The molecule has 1 heterocycles. The largest absolute Gasteiger partial charge is 0.481 e. The topological polar surface area (TPSA) is 57.6 Å². The maximum Gasteiger partial charge on any atom is 0.308 e. The molecule has 1 N–H and O–H groups in total. The normalized spacial score (nSPS) is 24.5. The minimum atomic E-state index is -0.779. The monoisotopic (exact) mass is 241 g/mol. The quantitative estimate of drug-likeness (QED) is 0.802. The van der Waals surface area contributed by atoms with Gasteiger partial charge < -0.3 is 10.0 Å². The van der Waals surface area contributed by atoms with Gasteiger partial charge in [0.15, 0.2) is 0 Å². The number of carbonyl (C=O) groups excluding carboxylic acids is 1. The van der Waals surface area contributed by atoms with Gasteiger partial charge in [0, 0.05) is 19.0 Å². The van der Waals surface area contributed by atoms with E-state index in [0.29, 0.717) is 25.3 Å². The third-order valence-electron chi connectivity index (χ3n) is 3.77. The summed E-state index contributed by atoms with van der Waals surface area (Å²) in [4.78, 5) is 24.5. The van der Waals surface area contributed by atoms with Crippen molar-refractivity contribution in [1.29, 1.82) is 0 Å². The number of nitrogens with zero attached hydrogens (tertiary/aromatic N) is 1. The van der Waals surface area contributed by atoms with Crippen molar-refractivity contribution >= 4 is 11.9 Å². The fourth-order valence-electron chi connectivity index (χ4n) is 2.38. The molecule has 17 heavy (non-hydrogen) atoms. The van der Waals surface area contributed by atoms with Gasteiger partial charge >= 0.3 is 5.97 Å². The van der Waals surface area contributed by atoms with E-state index in [1.807, 2.05) is 6.92 Å². The molecule has 0 spiro atoms. The average Bonchev–Trinajstić information content (AvgIpc) is 2.28. The zero-order valence-corrected chi connectivity index (χ0v) is 11.0. The molecule has 1 aliphatic heterocycles. The Morgan fingerprint density at radius 1 is 1.53 bits per heavy atom. The van der Waals surface area contributed by atoms with E-state index in [1.54, 1.807) is 4.90 Å². The number of carbonyl (C=O) groups is 2. The number of piperidine rings is 1. The molecule has 1 saturated heterocycles. The van der Waals surface area contributed by atoms with Crippen LogP contribution in [0.5, 0.6) is 0 Å². The molecule has 0 aromatic rings. The van der Waals surface area contributed by atoms with E-state index in [-0.39, 0.29) is 17.9 Å². The van der Waals surface area contributed by atoms with E-state index in [0.717, 1.165) is 12.8 Å². The molecule has 0 aromatic carbocycles. The van der Waals surface area contributed by atoms with Gasteiger partial charge in [0.1, 0.15) is 0 Å². The molecule has 1 amide bonds. The van der Waals surface area contributed by atoms with Crippen LogP contribution in [0.4, 0.5) is 0 Å². The highest BCUT2D eigenvalue weighted by Crippen LogP contribution is 2.23. The number of amides is 1. The molecule has 0 saturated carbocycles. The number of hydrogen-bond donors (Lipinski definition) is 1. The second-order valence-electron chi connectivity index (χ2n) is 5.22. The summed E-state index contributed by atoms with van der Waals surface area (Å²) in [5.41, 5.74) is 0. The summed E-state index contributed by atoms with van der Waals surface area (Å²) in [7, 11) is 0. The maximum absolute atomic E-state index is 11.8. The van der Waals surface area contributed by atoms with Crippen LogP contribution in [-0.2, 0) is 9.59 Å². The van der Waals surface area contributed by atoms with Crippen molar-refractivity contribution in [3.63, 3.8) is 0 Å². The molecular formula is C13H23NO3. The highest BCUT2D eigenvalue weighted by Gasteiger charge is 2.32. The van der Waals surface area contributed by atoms with Crippen LogP contribution in [0.25, 0.3) is 0 Å². The first-order chi connectivity index (χ1) is 7.95. The second kappa shape index (κ2) is 6.03. The van der Waals surface area contributed by atoms with Crippen molar-refractivity contribution in [2.75, 3.05) is 6.54 Å². The number of hydrogen-bond acceptors (Lipinski definition) is 2. The van der Waals surface area contributed by atoms with E-state index >= 15 is 0 Å². The Balaban J connectivity index is 2.60. The summed E-state index contributed by atoms with van der Waals surface area (Å²) in [5, 5.41) is 9.01. The number of aliphatic carboxylic acids is 1. The first-order valence-corrected chi connectivity index (χ1v) is 6.48. The summed E-state index contributed by atoms with van der Waals surface area (Å²) < 4.78 is 0. The molecule has 0 radical (unpaired) electrons. The average molecular weight is 241 g/mol. The molecule has 3 unspecified atom stereocenters. The van der Waals surface area contributed by atoms with Gasteiger partial charge in [0.25, 0.3) is 0 Å². The van der Waals surface area contributed by atoms with Crippen molar-refractivity contribution in [3.05, 3.63) is 0 Å². The number of likely N-dealkylation sites (tertiary alicyclic amines) is 1. The summed E-state index contributed by atoms with van der Waals surface area (Å²) in [5.74, 6) is -0.480. The predicted octanol–water partition coefficient (Wildman–Crippen LogP) is 2.13. The fourth-order valence-corrected chi connectivity index (χ4v) is 2.38. The van der Waals surface area contributed by atoms with E-state index < -0.39 is 5.97 Å². The Labute approximate surface area is 103 Å². The third-order valence-corrected chi connectivity index (χ3v) is 3.77. The van der Waals surface area contributed by atoms with Crippen LogP contribution in [0.1, 0.15) is 46.5 Å². The third kappa shape index (κ3) is 3.72. The second-order valence-corrected chi connectivity index (χ2v) is 5.22. The van der Waals surface area contributed by atoms with E-state index in [4.69, 9.17) is 5.11 Å². The van der Waals surface area contributed by atoms with Crippen LogP contribution in [-0.4, -0.2) is 34.5 Å². The van der Waals surface area contributed by atoms with Gasteiger partial charge in [0.05, 0.1) is 5.92 Å².